The van der Waals surface area contributed by atoms with E-state index in [2.05, 4.69) is 5.32 Å². The second kappa shape index (κ2) is 9.38. The highest BCUT2D eigenvalue weighted by molar-refractivity contribution is 7.86. The van der Waals surface area contributed by atoms with Gasteiger partial charge in [-0.05, 0) is 43.3 Å². The maximum atomic E-state index is 12.6. The Morgan fingerprint density at radius 1 is 1.12 bits per heavy atom. The lowest BCUT2D eigenvalue weighted by atomic mass is 10.1. The zero-order chi connectivity index (χ0) is 24.3. The molecule has 2 aromatic rings. The van der Waals surface area contributed by atoms with Crippen LogP contribution >= 0.6 is 0 Å². The molecule has 2 amide bonds. The molecule has 0 aromatic heterocycles. The number of rotatable bonds is 6. The summed E-state index contributed by atoms with van der Waals surface area (Å²) in [6.07, 6.45) is -1.22. The molecule has 0 radical (unpaired) electrons. The Bertz CT molecular complexity index is 1210. The monoisotopic (exact) mass is 475 g/mol. The van der Waals surface area contributed by atoms with Crippen molar-refractivity contribution in [1.29, 1.82) is 5.41 Å². The molecule has 2 atom stereocenters. The number of carbonyl (C=O) groups is 3. The summed E-state index contributed by atoms with van der Waals surface area (Å²) in [5.74, 6) is -1.38. The van der Waals surface area contributed by atoms with Crippen molar-refractivity contribution < 1.29 is 36.5 Å². The molecule has 3 rings (SSSR count). The molecule has 11 nitrogen and oxygen atoms in total. The summed E-state index contributed by atoms with van der Waals surface area (Å²) < 4.78 is 37.5. The third-order valence-electron chi connectivity index (χ3n) is 4.54. The summed E-state index contributed by atoms with van der Waals surface area (Å²) in [6, 6.07) is 11.4. The van der Waals surface area contributed by atoms with E-state index >= 15 is 0 Å². The van der Waals surface area contributed by atoms with E-state index in [4.69, 9.17) is 19.1 Å². The summed E-state index contributed by atoms with van der Waals surface area (Å²) in [4.78, 5) is 37.2. The average molecular weight is 475 g/mol. The van der Waals surface area contributed by atoms with Crippen LogP contribution in [0.3, 0.4) is 0 Å². The van der Waals surface area contributed by atoms with E-state index in [0.29, 0.717) is 11.3 Å². The normalized spacial score (nSPS) is 17.9. The zero-order valence-electron chi connectivity index (χ0n) is 17.9. The number of esters is 1. The lowest BCUT2D eigenvalue weighted by Gasteiger charge is -2.20. The van der Waals surface area contributed by atoms with Crippen LogP contribution in [0.1, 0.15) is 29.8 Å². The van der Waals surface area contributed by atoms with Crippen LogP contribution in [-0.2, 0) is 23.8 Å². The minimum atomic E-state index is -3.83. The Morgan fingerprint density at radius 3 is 2.36 bits per heavy atom. The molecule has 1 aliphatic heterocycles. The number of carbonyl (C=O) groups excluding carboxylic acids is 3. The molecule has 0 aliphatic carbocycles. The number of nitrogens with one attached hydrogen (secondary N) is 2. The highest BCUT2D eigenvalue weighted by Crippen LogP contribution is 2.28. The van der Waals surface area contributed by atoms with Crippen molar-refractivity contribution >= 4 is 39.6 Å². The van der Waals surface area contributed by atoms with Crippen molar-refractivity contribution in [2.24, 2.45) is 0 Å². The largest absolute Gasteiger partial charge is 0.426 e. The Hall–Kier alpha value is -3.77. The molecule has 2 N–H and O–H groups in total. The van der Waals surface area contributed by atoms with E-state index in [9.17, 15) is 22.8 Å². The lowest BCUT2D eigenvalue weighted by molar-refractivity contribution is -0.131. The zero-order valence-corrected chi connectivity index (χ0v) is 18.7. The molecular formula is C21H21N3O8S. The summed E-state index contributed by atoms with van der Waals surface area (Å²) in [6.45, 7) is 2.78. The number of benzene rings is 2. The molecule has 2 aromatic carbocycles. The fraction of sp³-hybridized carbons (Fsp3) is 0.238. The maximum absolute atomic E-state index is 12.6. The Kier molecular flexibility index (Phi) is 6.79. The first-order valence-electron chi connectivity index (χ1n) is 9.62. The number of anilines is 1. The summed E-state index contributed by atoms with van der Waals surface area (Å²) in [5.41, 5.74) is 0.802. The molecule has 0 saturated carbocycles. The van der Waals surface area contributed by atoms with Crippen LogP contribution in [0.4, 0.5) is 10.5 Å². The molecule has 174 valence electrons. The number of cyclic esters (lactones) is 1. The van der Waals surface area contributed by atoms with Crippen molar-refractivity contribution in [2.75, 3.05) is 11.2 Å². The van der Waals surface area contributed by atoms with Gasteiger partial charge in [-0.1, -0.05) is 12.1 Å². The van der Waals surface area contributed by atoms with Gasteiger partial charge >= 0.3 is 12.1 Å². The third-order valence-corrected chi connectivity index (χ3v) is 5.08. The fourth-order valence-corrected chi connectivity index (χ4v) is 3.64. The molecule has 1 fully saturated rings. The summed E-state index contributed by atoms with van der Waals surface area (Å²) in [5, 5.41) is 10.6. The number of para-hydroxylation sites is 1. The molecule has 33 heavy (non-hydrogen) atoms. The standard InChI is InChI=1S/C21H21N3O8S/c1-12-20(32-33(3,28)29)31-21(27)24(12)15-10-8-14(9-11-15)18(22)23-19(26)16-6-4-5-7-17(16)30-13(2)25/h4-12,20H,1-3H3,(H2,22,23,26). The molecule has 1 aliphatic rings. The summed E-state index contributed by atoms with van der Waals surface area (Å²) in [7, 11) is -3.83. The first kappa shape index (κ1) is 23.9. The van der Waals surface area contributed by atoms with Gasteiger partial charge in [0.2, 0.25) is 6.29 Å². The number of nitrogens with zero attached hydrogens (tertiary/aromatic N) is 1. The van der Waals surface area contributed by atoms with Gasteiger partial charge in [0.05, 0.1) is 11.8 Å². The number of hydrogen-bond donors (Lipinski definition) is 2. The molecule has 2 unspecified atom stereocenters. The van der Waals surface area contributed by atoms with Crippen LogP contribution < -0.4 is 15.0 Å². The van der Waals surface area contributed by atoms with Crippen LogP contribution in [0, 0.1) is 5.41 Å². The SMILES string of the molecule is CC(=O)Oc1ccccc1C(=O)NC(=N)c1ccc(N2C(=O)OC(OS(C)(=O)=O)C2C)cc1. The van der Waals surface area contributed by atoms with Crippen LogP contribution in [0.15, 0.2) is 48.5 Å². The van der Waals surface area contributed by atoms with Crippen LogP contribution in [-0.4, -0.2) is 50.8 Å². The van der Waals surface area contributed by atoms with E-state index in [1.807, 2.05) is 0 Å². The highest BCUT2D eigenvalue weighted by Gasteiger charge is 2.42. The summed E-state index contributed by atoms with van der Waals surface area (Å²) >= 11 is 0. The van der Waals surface area contributed by atoms with Gasteiger partial charge < -0.3 is 14.8 Å². The van der Waals surface area contributed by atoms with Gasteiger partial charge in [-0.2, -0.15) is 8.42 Å². The minimum absolute atomic E-state index is 0.0676. The van der Waals surface area contributed by atoms with Gasteiger partial charge in [-0.25, -0.2) is 8.98 Å². The number of hydrogen-bond acceptors (Lipinski definition) is 9. The molecule has 0 spiro atoms. The molecule has 0 bridgehead atoms. The Balaban J connectivity index is 1.72. The maximum Gasteiger partial charge on any atom is 0.417 e. The first-order valence-corrected chi connectivity index (χ1v) is 11.4. The van der Waals surface area contributed by atoms with Crippen molar-refractivity contribution in [3.63, 3.8) is 0 Å². The quantitative estimate of drug-likeness (QED) is 0.212. The second-order valence-corrected chi connectivity index (χ2v) is 8.73. The van der Waals surface area contributed by atoms with Crippen LogP contribution in [0.25, 0.3) is 0 Å². The lowest BCUT2D eigenvalue weighted by Crippen LogP contribution is -2.36. The van der Waals surface area contributed by atoms with Gasteiger partial charge in [-0.15, -0.1) is 0 Å². The number of ether oxygens (including phenoxy) is 2. The minimum Gasteiger partial charge on any atom is -0.426 e. The molecule has 1 heterocycles. The van der Waals surface area contributed by atoms with E-state index < -0.39 is 40.4 Å². The van der Waals surface area contributed by atoms with Crippen molar-refractivity contribution in [3.05, 3.63) is 59.7 Å². The predicted molar refractivity (Wildman–Crippen MR) is 117 cm³/mol. The van der Waals surface area contributed by atoms with Crippen LogP contribution in [0.2, 0.25) is 0 Å². The number of amides is 2. The second-order valence-electron chi connectivity index (χ2n) is 7.13. The topological polar surface area (TPSA) is 152 Å². The Labute approximate surface area is 189 Å². The predicted octanol–water partition coefficient (Wildman–Crippen LogP) is 2.01. The van der Waals surface area contributed by atoms with Gasteiger partial charge in [0.15, 0.2) is 0 Å². The molecular weight excluding hydrogens is 454 g/mol. The van der Waals surface area contributed by atoms with E-state index in [1.54, 1.807) is 19.1 Å². The number of amidine groups is 1. The van der Waals surface area contributed by atoms with E-state index in [-0.39, 0.29) is 17.1 Å². The fourth-order valence-electron chi connectivity index (χ4n) is 3.10. The van der Waals surface area contributed by atoms with Crippen molar-refractivity contribution in [1.82, 2.24) is 5.32 Å². The average Bonchev–Trinajstić information content (AvgIpc) is 2.99. The Morgan fingerprint density at radius 2 is 1.76 bits per heavy atom. The van der Waals surface area contributed by atoms with E-state index in [0.717, 1.165) is 6.26 Å². The first-order chi connectivity index (χ1) is 15.5. The van der Waals surface area contributed by atoms with Gasteiger partial charge in [-0.3, -0.25) is 19.9 Å². The third kappa shape index (κ3) is 5.73. The van der Waals surface area contributed by atoms with Crippen LogP contribution in [0.5, 0.6) is 5.75 Å². The smallest absolute Gasteiger partial charge is 0.417 e. The van der Waals surface area contributed by atoms with Crippen molar-refractivity contribution in [3.8, 4) is 5.75 Å². The molecule has 1 saturated heterocycles. The highest BCUT2D eigenvalue weighted by atomic mass is 32.2. The van der Waals surface area contributed by atoms with Gasteiger partial charge in [0.1, 0.15) is 17.6 Å². The molecule has 12 heteroatoms. The van der Waals surface area contributed by atoms with Crippen molar-refractivity contribution in [2.45, 2.75) is 26.2 Å². The van der Waals surface area contributed by atoms with E-state index in [1.165, 1.54) is 48.2 Å². The van der Waals surface area contributed by atoms with Gasteiger partial charge in [0.25, 0.3) is 16.0 Å². The van der Waals surface area contributed by atoms with Gasteiger partial charge in [0, 0.05) is 18.2 Å².